The summed E-state index contributed by atoms with van der Waals surface area (Å²) in [4.78, 5) is 4.11. The predicted octanol–water partition coefficient (Wildman–Crippen LogP) is -0.0738. The number of nitrogens with zero attached hydrogens (tertiary/aromatic N) is 1. The van der Waals surface area contributed by atoms with E-state index < -0.39 is 10.0 Å². The predicted molar refractivity (Wildman–Crippen MR) is 67.3 cm³/mol. The van der Waals surface area contributed by atoms with E-state index in [1.54, 1.807) is 6.92 Å². The third kappa shape index (κ3) is 3.39. The molecule has 0 aliphatic carbocycles. The third-order valence-corrected chi connectivity index (χ3v) is 5.05. The number of nitrogens with one attached hydrogen (secondary N) is 1. The van der Waals surface area contributed by atoms with Crippen molar-refractivity contribution in [2.75, 3.05) is 31.7 Å². The monoisotopic (exact) mass is 293 g/mol. The van der Waals surface area contributed by atoms with Gasteiger partial charge in [0.15, 0.2) is 9.34 Å². The Bertz CT molecular complexity index is 508. The Balaban J connectivity index is 1.98. The molecular weight excluding hydrogens is 278 g/mol. The molecule has 1 atom stereocenters. The average Bonchev–Trinajstić information content (AvgIpc) is 2.69. The normalized spacial score (nSPS) is 20.9. The summed E-state index contributed by atoms with van der Waals surface area (Å²) in [6.45, 7) is 3.85. The number of aryl methyl sites for hydroxylation is 1. The smallest absolute Gasteiger partial charge is 0.249 e. The Labute approximate surface area is 109 Å². The number of anilines is 1. The SMILES string of the molecule is Cc1nc(NCC2COCCO2)sc1S(N)(=O)=O. The molecule has 18 heavy (non-hydrogen) atoms. The van der Waals surface area contributed by atoms with Crippen molar-refractivity contribution in [1.29, 1.82) is 0 Å². The van der Waals surface area contributed by atoms with Crippen LogP contribution in [0.15, 0.2) is 4.21 Å². The van der Waals surface area contributed by atoms with Crippen molar-refractivity contribution in [1.82, 2.24) is 4.98 Å². The second-order valence-corrected chi connectivity index (χ2v) is 6.64. The van der Waals surface area contributed by atoms with E-state index in [2.05, 4.69) is 10.3 Å². The number of thiazole rings is 1. The first-order valence-corrected chi connectivity index (χ1v) is 7.76. The maximum Gasteiger partial charge on any atom is 0.249 e. The summed E-state index contributed by atoms with van der Waals surface area (Å²) in [5.74, 6) is 0. The lowest BCUT2D eigenvalue weighted by Crippen LogP contribution is -2.34. The van der Waals surface area contributed by atoms with Crippen molar-refractivity contribution in [2.45, 2.75) is 17.2 Å². The molecule has 2 heterocycles. The van der Waals surface area contributed by atoms with Crippen LogP contribution < -0.4 is 10.5 Å². The van der Waals surface area contributed by atoms with Crippen LogP contribution in [-0.4, -0.2) is 45.9 Å². The highest BCUT2D eigenvalue weighted by Crippen LogP contribution is 2.25. The molecule has 1 aromatic heterocycles. The first-order valence-electron chi connectivity index (χ1n) is 5.40. The molecule has 0 spiro atoms. The van der Waals surface area contributed by atoms with Crippen LogP contribution >= 0.6 is 11.3 Å². The third-order valence-electron chi connectivity index (χ3n) is 2.38. The van der Waals surface area contributed by atoms with Crippen LogP contribution in [0.25, 0.3) is 0 Å². The summed E-state index contributed by atoms with van der Waals surface area (Å²) in [6.07, 6.45) is -0.0408. The molecule has 0 aromatic carbocycles. The lowest BCUT2D eigenvalue weighted by Gasteiger charge is -2.22. The van der Waals surface area contributed by atoms with E-state index in [1.165, 1.54) is 0 Å². The standard InChI is InChI=1S/C9H15N3O4S2/c1-6-8(18(10,13)14)17-9(12-6)11-4-7-5-15-2-3-16-7/h7H,2-5H2,1H3,(H,11,12)(H2,10,13,14). The Morgan fingerprint density at radius 3 is 2.89 bits per heavy atom. The second-order valence-electron chi connectivity index (χ2n) is 3.89. The maximum absolute atomic E-state index is 11.2. The number of hydrogen-bond acceptors (Lipinski definition) is 7. The number of primary sulfonamides is 1. The van der Waals surface area contributed by atoms with Gasteiger partial charge in [-0.25, -0.2) is 18.5 Å². The van der Waals surface area contributed by atoms with E-state index >= 15 is 0 Å². The molecule has 1 fully saturated rings. The molecule has 1 aliphatic rings. The zero-order chi connectivity index (χ0) is 13.2. The Morgan fingerprint density at radius 2 is 2.33 bits per heavy atom. The molecule has 1 saturated heterocycles. The Kier molecular flexibility index (Phi) is 4.17. The van der Waals surface area contributed by atoms with Crippen LogP contribution in [0.5, 0.6) is 0 Å². The van der Waals surface area contributed by atoms with Crippen LogP contribution in [0.4, 0.5) is 5.13 Å². The first kappa shape index (κ1) is 13.7. The van der Waals surface area contributed by atoms with Gasteiger partial charge in [0.25, 0.3) is 0 Å². The summed E-state index contributed by atoms with van der Waals surface area (Å²) in [7, 11) is -3.70. The van der Waals surface area contributed by atoms with Gasteiger partial charge < -0.3 is 14.8 Å². The number of aromatic nitrogens is 1. The van der Waals surface area contributed by atoms with Crippen molar-refractivity contribution in [2.24, 2.45) is 5.14 Å². The van der Waals surface area contributed by atoms with E-state index in [1.807, 2.05) is 0 Å². The van der Waals surface area contributed by atoms with Crippen molar-refractivity contribution in [3.8, 4) is 0 Å². The lowest BCUT2D eigenvalue weighted by molar-refractivity contribution is -0.0818. The molecular formula is C9H15N3O4S2. The quantitative estimate of drug-likeness (QED) is 0.805. The van der Waals surface area contributed by atoms with Gasteiger partial charge in [-0.1, -0.05) is 11.3 Å². The zero-order valence-electron chi connectivity index (χ0n) is 9.88. The number of ether oxygens (including phenoxy) is 2. The van der Waals surface area contributed by atoms with Crippen LogP contribution in [0.2, 0.25) is 0 Å². The fraction of sp³-hybridized carbons (Fsp3) is 0.667. The van der Waals surface area contributed by atoms with Crippen LogP contribution in [0.3, 0.4) is 0 Å². The fourth-order valence-electron chi connectivity index (χ4n) is 1.58. The topological polar surface area (TPSA) is 104 Å². The zero-order valence-corrected chi connectivity index (χ0v) is 11.5. The van der Waals surface area contributed by atoms with Gasteiger partial charge in [-0.05, 0) is 6.92 Å². The largest absolute Gasteiger partial charge is 0.376 e. The lowest BCUT2D eigenvalue weighted by atomic mass is 10.3. The summed E-state index contributed by atoms with van der Waals surface area (Å²) in [5.41, 5.74) is 0.408. The van der Waals surface area contributed by atoms with E-state index in [0.29, 0.717) is 37.2 Å². The molecule has 0 radical (unpaired) electrons. The summed E-state index contributed by atoms with van der Waals surface area (Å²) >= 11 is 1.02. The molecule has 2 rings (SSSR count). The minimum Gasteiger partial charge on any atom is -0.376 e. The molecule has 0 saturated carbocycles. The molecule has 3 N–H and O–H groups in total. The summed E-state index contributed by atoms with van der Waals surface area (Å²) in [6, 6.07) is 0. The molecule has 0 bridgehead atoms. The Hall–Kier alpha value is -0.740. The minimum absolute atomic E-state index is 0.0408. The number of rotatable bonds is 4. The van der Waals surface area contributed by atoms with Gasteiger partial charge in [0.2, 0.25) is 10.0 Å². The average molecular weight is 293 g/mol. The van der Waals surface area contributed by atoms with Crippen LogP contribution in [-0.2, 0) is 19.5 Å². The van der Waals surface area contributed by atoms with E-state index in [9.17, 15) is 8.42 Å². The van der Waals surface area contributed by atoms with Crippen LogP contribution in [0, 0.1) is 6.92 Å². The van der Waals surface area contributed by atoms with Gasteiger partial charge in [0.05, 0.1) is 31.6 Å². The highest BCUT2D eigenvalue weighted by molar-refractivity contribution is 7.91. The maximum atomic E-state index is 11.2. The van der Waals surface area contributed by atoms with Gasteiger partial charge in [-0.2, -0.15) is 0 Å². The number of nitrogens with two attached hydrogens (primary N) is 1. The number of sulfonamides is 1. The van der Waals surface area contributed by atoms with Crippen molar-refractivity contribution in [3.63, 3.8) is 0 Å². The highest BCUT2D eigenvalue weighted by atomic mass is 32.2. The summed E-state index contributed by atoms with van der Waals surface area (Å²) < 4.78 is 33.3. The molecule has 1 aliphatic heterocycles. The Morgan fingerprint density at radius 1 is 1.56 bits per heavy atom. The van der Waals surface area contributed by atoms with Gasteiger partial charge in [0, 0.05) is 6.54 Å². The van der Waals surface area contributed by atoms with E-state index in [-0.39, 0.29) is 10.3 Å². The molecule has 1 aromatic rings. The molecule has 102 valence electrons. The van der Waals surface area contributed by atoms with Gasteiger partial charge >= 0.3 is 0 Å². The summed E-state index contributed by atoms with van der Waals surface area (Å²) in [5, 5.41) is 8.63. The fourth-order valence-corrected chi connectivity index (χ4v) is 3.44. The minimum atomic E-state index is -3.70. The molecule has 9 heteroatoms. The molecule has 1 unspecified atom stereocenters. The van der Waals surface area contributed by atoms with Gasteiger partial charge in [0.1, 0.15) is 0 Å². The van der Waals surface area contributed by atoms with Crippen molar-refractivity contribution < 1.29 is 17.9 Å². The van der Waals surface area contributed by atoms with Crippen molar-refractivity contribution in [3.05, 3.63) is 5.69 Å². The van der Waals surface area contributed by atoms with Crippen molar-refractivity contribution >= 4 is 26.5 Å². The van der Waals surface area contributed by atoms with E-state index in [4.69, 9.17) is 14.6 Å². The first-order chi connectivity index (χ1) is 8.47. The van der Waals surface area contributed by atoms with Gasteiger partial charge in [-0.3, -0.25) is 0 Å². The van der Waals surface area contributed by atoms with Gasteiger partial charge in [-0.15, -0.1) is 0 Å². The molecule has 7 nitrogen and oxygen atoms in total. The number of hydrogen-bond donors (Lipinski definition) is 2. The van der Waals surface area contributed by atoms with Crippen LogP contribution in [0.1, 0.15) is 5.69 Å². The molecule has 0 amide bonds. The second kappa shape index (κ2) is 5.49. The van der Waals surface area contributed by atoms with E-state index in [0.717, 1.165) is 11.3 Å². The highest BCUT2D eigenvalue weighted by Gasteiger charge is 2.19.